The van der Waals surface area contributed by atoms with Gasteiger partial charge in [0.15, 0.2) is 5.13 Å². The fourth-order valence-electron chi connectivity index (χ4n) is 3.25. The predicted molar refractivity (Wildman–Crippen MR) is 119 cm³/mol. The maximum Gasteiger partial charge on any atom is 0.269 e. The SMILES string of the molecule is O=C(CSc1ccc([N+](=O)[O-])cc1)Nc1nc2c(s1)CN(Cc1ccccc1)CC2. The molecule has 1 aliphatic rings. The molecule has 0 atom stereocenters. The Balaban J connectivity index is 1.29. The van der Waals surface area contributed by atoms with Crippen molar-refractivity contribution < 1.29 is 9.72 Å². The summed E-state index contributed by atoms with van der Waals surface area (Å²) in [6.07, 6.45) is 0.881. The molecule has 0 aliphatic carbocycles. The summed E-state index contributed by atoms with van der Waals surface area (Å²) in [5, 5.41) is 14.2. The zero-order valence-electron chi connectivity index (χ0n) is 16.1. The summed E-state index contributed by atoms with van der Waals surface area (Å²) in [7, 11) is 0. The average molecular weight is 441 g/mol. The van der Waals surface area contributed by atoms with Crippen LogP contribution in [0.1, 0.15) is 16.1 Å². The quantitative estimate of drug-likeness (QED) is 0.334. The van der Waals surface area contributed by atoms with E-state index in [2.05, 4.69) is 39.5 Å². The first-order chi connectivity index (χ1) is 14.6. The highest BCUT2D eigenvalue weighted by atomic mass is 32.2. The summed E-state index contributed by atoms with van der Waals surface area (Å²) >= 11 is 2.87. The van der Waals surface area contributed by atoms with Crippen LogP contribution in [0.3, 0.4) is 0 Å². The molecule has 154 valence electrons. The Morgan fingerprint density at radius 3 is 2.70 bits per heavy atom. The third kappa shape index (κ3) is 5.24. The number of hydrogen-bond acceptors (Lipinski definition) is 7. The minimum Gasteiger partial charge on any atom is -0.301 e. The first-order valence-electron chi connectivity index (χ1n) is 9.49. The number of benzene rings is 2. The lowest BCUT2D eigenvalue weighted by atomic mass is 10.1. The Kier molecular flexibility index (Phi) is 6.41. The third-order valence-electron chi connectivity index (χ3n) is 4.72. The van der Waals surface area contributed by atoms with Crippen molar-refractivity contribution in [2.45, 2.75) is 24.4 Å². The van der Waals surface area contributed by atoms with E-state index in [4.69, 9.17) is 0 Å². The van der Waals surface area contributed by atoms with E-state index in [0.29, 0.717) is 5.13 Å². The van der Waals surface area contributed by atoms with E-state index in [1.807, 2.05) is 6.07 Å². The Bertz CT molecular complexity index is 1040. The zero-order valence-corrected chi connectivity index (χ0v) is 17.7. The molecule has 4 rings (SSSR count). The number of nitrogens with one attached hydrogen (secondary N) is 1. The molecule has 7 nitrogen and oxygen atoms in total. The molecule has 1 aromatic heterocycles. The highest BCUT2D eigenvalue weighted by Crippen LogP contribution is 2.29. The van der Waals surface area contributed by atoms with Crippen molar-refractivity contribution in [3.05, 3.63) is 80.8 Å². The van der Waals surface area contributed by atoms with Gasteiger partial charge in [-0.3, -0.25) is 19.8 Å². The summed E-state index contributed by atoms with van der Waals surface area (Å²) in [5.74, 6) is 0.0907. The number of rotatable bonds is 7. The van der Waals surface area contributed by atoms with Crippen LogP contribution < -0.4 is 5.32 Å². The number of anilines is 1. The van der Waals surface area contributed by atoms with Crippen LogP contribution in [-0.2, 0) is 24.3 Å². The van der Waals surface area contributed by atoms with E-state index in [-0.39, 0.29) is 17.3 Å². The highest BCUT2D eigenvalue weighted by molar-refractivity contribution is 8.00. The van der Waals surface area contributed by atoms with Gasteiger partial charge in [0, 0.05) is 48.0 Å². The lowest BCUT2D eigenvalue weighted by Crippen LogP contribution is -2.29. The number of carbonyl (C=O) groups excluding carboxylic acids is 1. The third-order valence-corrected chi connectivity index (χ3v) is 6.73. The standard InChI is InChI=1S/C21H20N4O3S2/c26-20(14-29-17-8-6-16(7-9-17)25(27)28)23-21-22-18-10-11-24(13-19(18)30-21)12-15-4-2-1-3-5-15/h1-9H,10-14H2,(H,22,23,26). The normalized spacial score (nSPS) is 13.6. The average Bonchev–Trinajstić information content (AvgIpc) is 3.14. The van der Waals surface area contributed by atoms with Crippen molar-refractivity contribution in [1.29, 1.82) is 0 Å². The van der Waals surface area contributed by atoms with Crippen LogP contribution in [0.2, 0.25) is 0 Å². The second-order valence-corrected chi connectivity index (χ2v) is 9.06. The van der Waals surface area contributed by atoms with E-state index in [1.54, 1.807) is 12.1 Å². The molecule has 1 amide bonds. The minimum atomic E-state index is -0.438. The molecule has 0 saturated heterocycles. The van der Waals surface area contributed by atoms with Gasteiger partial charge >= 0.3 is 0 Å². The van der Waals surface area contributed by atoms with Crippen molar-refractivity contribution in [2.75, 3.05) is 17.6 Å². The predicted octanol–water partition coefficient (Wildman–Crippen LogP) is 4.34. The van der Waals surface area contributed by atoms with E-state index >= 15 is 0 Å². The number of nitro benzene ring substituents is 1. The molecule has 30 heavy (non-hydrogen) atoms. The summed E-state index contributed by atoms with van der Waals surface area (Å²) in [6.45, 7) is 2.70. The summed E-state index contributed by atoms with van der Waals surface area (Å²) in [5.41, 5.74) is 2.41. The van der Waals surface area contributed by atoms with Crippen LogP contribution in [-0.4, -0.2) is 33.0 Å². The first kappa shape index (κ1) is 20.5. The molecule has 1 N–H and O–H groups in total. The first-order valence-corrected chi connectivity index (χ1v) is 11.3. The Labute approximate surface area is 182 Å². The lowest BCUT2D eigenvalue weighted by Gasteiger charge is -2.25. The van der Waals surface area contributed by atoms with Crippen molar-refractivity contribution in [3.8, 4) is 0 Å². The molecule has 0 unspecified atom stereocenters. The van der Waals surface area contributed by atoms with Crippen LogP contribution in [0.25, 0.3) is 0 Å². The van der Waals surface area contributed by atoms with Gasteiger partial charge < -0.3 is 5.32 Å². The van der Waals surface area contributed by atoms with Gasteiger partial charge in [-0.25, -0.2) is 4.98 Å². The van der Waals surface area contributed by atoms with Crippen LogP contribution >= 0.6 is 23.1 Å². The molecule has 0 radical (unpaired) electrons. The van der Waals surface area contributed by atoms with E-state index in [9.17, 15) is 14.9 Å². The molecule has 0 saturated carbocycles. The van der Waals surface area contributed by atoms with E-state index in [0.717, 1.165) is 36.6 Å². The van der Waals surface area contributed by atoms with Gasteiger partial charge in [0.2, 0.25) is 5.91 Å². The number of non-ortho nitro benzene ring substituents is 1. The Hall–Kier alpha value is -2.75. The van der Waals surface area contributed by atoms with Crippen LogP contribution in [0.15, 0.2) is 59.5 Å². The molecular weight excluding hydrogens is 420 g/mol. The number of thioether (sulfide) groups is 1. The maximum absolute atomic E-state index is 12.3. The Morgan fingerprint density at radius 1 is 1.20 bits per heavy atom. The van der Waals surface area contributed by atoms with E-state index < -0.39 is 4.92 Å². The highest BCUT2D eigenvalue weighted by Gasteiger charge is 2.21. The monoisotopic (exact) mass is 440 g/mol. The zero-order chi connectivity index (χ0) is 20.9. The smallest absolute Gasteiger partial charge is 0.269 e. The number of thiazole rings is 1. The topological polar surface area (TPSA) is 88.4 Å². The lowest BCUT2D eigenvalue weighted by molar-refractivity contribution is -0.384. The van der Waals surface area contributed by atoms with Crippen molar-refractivity contribution in [3.63, 3.8) is 0 Å². The Morgan fingerprint density at radius 2 is 1.97 bits per heavy atom. The van der Waals surface area contributed by atoms with Crippen molar-refractivity contribution in [2.24, 2.45) is 0 Å². The molecule has 0 fully saturated rings. The van der Waals surface area contributed by atoms with Gasteiger partial charge in [-0.1, -0.05) is 30.3 Å². The number of carbonyl (C=O) groups is 1. The second-order valence-electron chi connectivity index (χ2n) is 6.92. The number of hydrogen-bond donors (Lipinski definition) is 1. The van der Waals surface area contributed by atoms with Gasteiger partial charge in [0.25, 0.3) is 5.69 Å². The largest absolute Gasteiger partial charge is 0.301 e. The van der Waals surface area contributed by atoms with Crippen LogP contribution in [0, 0.1) is 10.1 Å². The molecule has 0 spiro atoms. The molecule has 1 aliphatic heterocycles. The fraction of sp³-hybridized carbons (Fsp3) is 0.238. The number of aromatic nitrogens is 1. The maximum atomic E-state index is 12.3. The number of fused-ring (bicyclic) bond motifs is 1. The minimum absolute atomic E-state index is 0.0403. The molecule has 0 bridgehead atoms. The number of amides is 1. The van der Waals surface area contributed by atoms with E-state index in [1.165, 1.54) is 45.7 Å². The number of nitro groups is 1. The molecular formula is C21H20N4O3S2. The number of nitrogens with zero attached hydrogens (tertiary/aromatic N) is 3. The summed E-state index contributed by atoms with van der Waals surface area (Å²) in [4.78, 5) is 31.6. The van der Waals surface area contributed by atoms with Gasteiger partial charge in [0.1, 0.15) is 0 Å². The fourth-order valence-corrected chi connectivity index (χ4v) is 5.01. The van der Waals surface area contributed by atoms with Crippen LogP contribution in [0.4, 0.5) is 10.8 Å². The van der Waals surface area contributed by atoms with Crippen molar-refractivity contribution in [1.82, 2.24) is 9.88 Å². The van der Waals surface area contributed by atoms with Gasteiger partial charge in [-0.2, -0.15) is 0 Å². The summed E-state index contributed by atoms with van der Waals surface area (Å²) < 4.78 is 0. The molecule has 9 heteroatoms. The second kappa shape index (κ2) is 9.38. The van der Waals surface area contributed by atoms with Gasteiger partial charge in [-0.15, -0.1) is 23.1 Å². The summed E-state index contributed by atoms with van der Waals surface area (Å²) in [6, 6.07) is 16.6. The van der Waals surface area contributed by atoms with Crippen LogP contribution in [0.5, 0.6) is 0 Å². The van der Waals surface area contributed by atoms with Crippen molar-refractivity contribution >= 4 is 39.8 Å². The van der Waals surface area contributed by atoms with Gasteiger partial charge in [0.05, 0.1) is 16.4 Å². The molecule has 3 aromatic rings. The molecule has 2 heterocycles. The molecule has 2 aromatic carbocycles. The van der Waals surface area contributed by atoms with Gasteiger partial charge in [-0.05, 0) is 17.7 Å².